The number of aliphatic hydroxyl groups is 1. The SMILES string of the molecule is C=CCOc1ccc(C(O)=C2C(=O)C(=O)N(CCN(CC)CC)[C@@H]2c2ccc(Br)cc2)c(C)c1. The summed E-state index contributed by atoms with van der Waals surface area (Å²) in [5.41, 5.74) is 2.11. The fourth-order valence-corrected chi connectivity index (χ4v) is 4.45. The highest BCUT2D eigenvalue weighted by Gasteiger charge is 2.46. The van der Waals surface area contributed by atoms with Crippen molar-refractivity contribution in [2.45, 2.75) is 26.8 Å². The number of hydrogen-bond donors (Lipinski definition) is 1. The summed E-state index contributed by atoms with van der Waals surface area (Å²) < 4.78 is 6.47. The number of rotatable bonds is 10. The van der Waals surface area contributed by atoms with Gasteiger partial charge in [-0.25, -0.2) is 0 Å². The third-order valence-electron chi connectivity index (χ3n) is 6.10. The lowest BCUT2D eigenvalue weighted by Gasteiger charge is -2.28. The molecule has 0 radical (unpaired) electrons. The number of aliphatic hydroxyl groups excluding tert-OH is 1. The number of carbonyl (C=O) groups is 2. The lowest BCUT2D eigenvalue weighted by Crippen LogP contribution is -2.38. The summed E-state index contributed by atoms with van der Waals surface area (Å²) in [6.45, 7) is 12.7. The van der Waals surface area contributed by atoms with Crippen LogP contribution in [0.1, 0.15) is 36.6 Å². The number of nitrogens with zero attached hydrogens (tertiary/aromatic N) is 2. The highest BCUT2D eigenvalue weighted by molar-refractivity contribution is 9.10. The second-order valence-electron chi connectivity index (χ2n) is 8.15. The molecule has 1 saturated heterocycles. The molecule has 0 unspecified atom stereocenters. The standard InChI is InChI=1S/C27H31BrN2O4/c1-5-16-34-21-12-13-22(18(4)17-21)25(31)23-24(19-8-10-20(28)11-9-19)30(27(33)26(23)32)15-14-29(6-2)7-3/h5,8-13,17,24,31H,1,6-7,14-16H2,2-4H3/t24-/m1/s1. The van der Waals surface area contributed by atoms with Crippen LogP contribution in [0.4, 0.5) is 0 Å². The Balaban J connectivity index is 2.08. The Morgan fingerprint density at radius 1 is 1.18 bits per heavy atom. The van der Waals surface area contributed by atoms with Crippen molar-refractivity contribution in [1.82, 2.24) is 9.80 Å². The Hall–Kier alpha value is -2.90. The van der Waals surface area contributed by atoms with Gasteiger partial charge in [-0.15, -0.1) is 0 Å². The lowest BCUT2D eigenvalue weighted by atomic mass is 9.94. The Bertz CT molecular complexity index is 1090. The summed E-state index contributed by atoms with van der Waals surface area (Å²) >= 11 is 3.44. The minimum atomic E-state index is -0.670. The average Bonchev–Trinajstić information content (AvgIpc) is 3.08. The predicted molar refractivity (Wildman–Crippen MR) is 138 cm³/mol. The third-order valence-corrected chi connectivity index (χ3v) is 6.63. The van der Waals surface area contributed by atoms with E-state index in [0.29, 0.717) is 31.0 Å². The van der Waals surface area contributed by atoms with Gasteiger partial charge in [-0.05, 0) is 61.5 Å². The number of ether oxygens (including phenoxy) is 1. The number of amides is 1. The number of likely N-dealkylation sites (N-methyl/N-ethyl adjacent to an activating group) is 1. The van der Waals surface area contributed by atoms with Gasteiger partial charge in [-0.3, -0.25) is 9.59 Å². The molecular weight excluding hydrogens is 496 g/mol. The van der Waals surface area contributed by atoms with Crippen LogP contribution < -0.4 is 4.74 Å². The van der Waals surface area contributed by atoms with Crippen LogP contribution in [0.15, 0.2) is 65.2 Å². The van der Waals surface area contributed by atoms with Crippen molar-refractivity contribution >= 4 is 33.4 Å². The topological polar surface area (TPSA) is 70.1 Å². The molecule has 1 N–H and O–H groups in total. The van der Waals surface area contributed by atoms with E-state index in [-0.39, 0.29) is 11.3 Å². The quantitative estimate of drug-likeness (QED) is 0.202. The molecule has 7 heteroatoms. The molecule has 34 heavy (non-hydrogen) atoms. The maximum Gasteiger partial charge on any atom is 0.295 e. The van der Waals surface area contributed by atoms with Gasteiger partial charge in [0.15, 0.2) is 0 Å². The molecule has 3 rings (SSSR count). The second-order valence-corrected chi connectivity index (χ2v) is 9.06. The summed E-state index contributed by atoms with van der Waals surface area (Å²) in [6.07, 6.45) is 1.65. The predicted octanol–water partition coefficient (Wildman–Crippen LogP) is 5.09. The molecule has 1 aliphatic heterocycles. The Morgan fingerprint density at radius 3 is 2.44 bits per heavy atom. The van der Waals surface area contributed by atoms with Crippen molar-refractivity contribution in [3.8, 4) is 5.75 Å². The molecule has 0 aromatic heterocycles. The molecule has 2 aromatic carbocycles. The fraction of sp³-hybridized carbons (Fsp3) is 0.333. The van der Waals surface area contributed by atoms with Crippen LogP contribution in [-0.2, 0) is 9.59 Å². The fourth-order valence-electron chi connectivity index (χ4n) is 4.18. The first-order chi connectivity index (χ1) is 16.3. The van der Waals surface area contributed by atoms with Crippen molar-refractivity contribution in [2.24, 2.45) is 0 Å². The van der Waals surface area contributed by atoms with Gasteiger partial charge in [0, 0.05) is 23.1 Å². The minimum absolute atomic E-state index is 0.106. The first kappa shape index (κ1) is 25.7. The van der Waals surface area contributed by atoms with Crippen LogP contribution in [0.3, 0.4) is 0 Å². The maximum absolute atomic E-state index is 13.2. The first-order valence-electron chi connectivity index (χ1n) is 11.4. The molecule has 1 atom stereocenters. The van der Waals surface area contributed by atoms with Gasteiger partial charge in [-0.2, -0.15) is 0 Å². The van der Waals surface area contributed by atoms with Gasteiger partial charge in [-0.1, -0.05) is 54.6 Å². The van der Waals surface area contributed by atoms with Crippen LogP contribution in [0, 0.1) is 6.92 Å². The van der Waals surface area contributed by atoms with E-state index in [1.54, 1.807) is 29.2 Å². The van der Waals surface area contributed by atoms with Crippen molar-refractivity contribution in [1.29, 1.82) is 0 Å². The number of ketones is 1. The number of hydrogen-bond acceptors (Lipinski definition) is 5. The summed E-state index contributed by atoms with van der Waals surface area (Å²) in [4.78, 5) is 30.1. The molecule has 6 nitrogen and oxygen atoms in total. The average molecular weight is 527 g/mol. The minimum Gasteiger partial charge on any atom is -0.507 e. The van der Waals surface area contributed by atoms with E-state index in [1.165, 1.54) is 0 Å². The van der Waals surface area contributed by atoms with E-state index < -0.39 is 17.7 Å². The highest BCUT2D eigenvalue weighted by atomic mass is 79.9. The zero-order valence-electron chi connectivity index (χ0n) is 19.9. The number of likely N-dealkylation sites (tertiary alicyclic amines) is 1. The Kier molecular flexibility index (Phi) is 8.69. The summed E-state index contributed by atoms with van der Waals surface area (Å²) in [5.74, 6) is -0.802. The molecule has 2 aromatic rings. The van der Waals surface area contributed by atoms with Crippen LogP contribution >= 0.6 is 15.9 Å². The summed E-state index contributed by atoms with van der Waals surface area (Å²) in [6, 6.07) is 12.1. The molecule has 180 valence electrons. The van der Waals surface area contributed by atoms with E-state index in [0.717, 1.165) is 28.7 Å². The number of Topliss-reactive ketones (excluding diaryl/α,β-unsaturated/α-hetero) is 1. The Labute approximate surface area is 209 Å². The Morgan fingerprint density at radius 2 is 1.85 bits per heavy atom. The van der Waals surface area contributed by atoms with E-state index in [9.17, 15) is 14.7 Å². The number of aryl methyl sites for hydroxylation is 1. The summed E-state index contributed by atoms with van der Waals surface area (Å²) in [5, 5.41) is 11.3. The molecule has 0 saturated carbocycles. The zero-order chi connectivity index (χ0) is 24.8. The monoisotopic (exact) mass is 526 g/mol. The van der Waals surface area contributed by atoms with Crippen LogP contribution in [-0.4, -0.2) is 59.4 Å². The molecular formula is C27H31BrN2O4. The zero-order valence-corrected chi connectivity index (χ0v) is 21.5. The maximum atomic E-state index is 13.2. The molecule has 1 heterocycles. The van der Waals surface area contributed by atoms with Crippen LogP contribution in [0.2, 0.25) is 0 Å². The van der Waals surface area contributed by atoms with Crippen LogP contribution in [0.5, 0.6) is 5.75 Å². The van der Waals surface area contributed by atoms with E-state index in [4.69, 9.17) is 4.74 Å². The molecule has 1 fully saturated rings. The van der Waals surface area contributed by atoms with Crippen molar-refractivity contribution in [3.63, 3.8) is 0 Å². The molecule has 1 aliphatic rings. The van der Waals surface area contributed by atoms with Crippen molar-refractivity contribution in [2.75, 3.05) is 32.8 Å². The number of benzene rings is 2. The molecule has 0 aliphatic carbocycles. The molecule has 0 bridgehead atoms. The summed E-state index contributed by atoms with van der Waals surface area (Å²) in [7, 11) is 0. The normalized spacial score (nSPS) is 17.4. The van der Waals surface area contributed by atoms with E-state index in [1.807, 2.05) is 31.2 Å². The van der Waals surface area contributed by atoms with Gasteiger partial charge in [0.25, 0.3) is 11.7 Å². The van der Waals surface area contributed by atoms with Gasteiger partial charge in [0.2, 0.25) is 0 Å². The van der Waals surface area contributed by atoms with Crippen molar-refractivity contribution < 1.29 is 19.4 Å². The number of halogens is 1. The number of carbonyl (C=O) groups excluding carboxylic acids is 2. The van der Waals surface area contributed by atoms with E-state index >= 15 is 0 Å². The lowest BCUT2D eigenvalue weighted by molar-refractivity contribution is -0.140. The molecule has 0 spiro atoms. The third kappa shape index (κ3) is 5.42. The van der Waals surface area contributed by atoms with Crippen molar-refractivity contribution in [3.05, 3.63) is 81.9 Å². The van der Waals surface area contributed by atoms with Crippen LogP contribution in [0.25, 0.3) is 5.76 Å². The van der Waals surface area contributed by atoms with Gasteiger partial charge in [0.05, 0.1) is 11.6 Å². The van der Waals surface area contributed by atoms with Gasteiger partial charge >= 0.3 is 0 Å². The van der Waals surface area contributed by atoms with Gasteiger partial charge < -0.3 is 19.6 Å². The highest BCUT2D eigenvalue weighted by Crippen LogP contribution is 2.40. The first-order valence-corrected chi connectivity index (χ1v) is 12.2. The second kappa shape index (κ2) is 11.5. The van der Waals surface area contributed by atoms with E-state index in [2.05, 4.69) is 41.3 Å². The smallest absolute Gasteiger partial charge is 0.295 e. The molecule has 1 amide bonds. The largest absolute Gasteiger partial charge is 0.507 e. The van der Waals surface area contributed by atoms with Gasteiger partial charge in [0.1, 0.15) is 18.1 Å².